The molecule has 0 aromatic carbocycles. The quantitative estimate of drug-likeness (QED) is 0.758. The molecule has 0 unspecified atom stereocenters. The molecule has 0 radical (unpaired) electrons. The van der Waals surface area contributed by atoms with Crippen molar-refractivity contribution in [2.75, 3.05) is 11.9 Å². The smallest absolute Gasteiger partial charge is 0.321 e. The average molecular weight is 299 g/mol. The molecule has 0 spiro atoms. The number of nitrogens with zero attached hydrogens (tertiary/aromatic N) is 3. The number of carboxylic acids is 1. The molecule has 1 aliphatic carbocycles. The van der Waals surface area contributed by atoms with Crippen LogP contribution in [-0.2, 0) is 4.79 Å². The summed E-state index contributed by atoms with van der Waals surface area (Å²) in [5.74, 6) is -0.817. The Hall–Kier alpha value is -1.77. The molecular formula is C11H17N5O3S. The molecule has 8 nitrogen and oxygen atoms in total. The number of aliphatic carboxylic acids is 1. The van der Waals surface area contributed by atoms with E-state index in [0.29, 0.717) is 11.7 Å². The van der Waals surface area contributed by atoms with E-state index >= 15 is 0 Å². The first kappa shape index (κ1) is 14.6. The van der Waals surface area contributed by atoms with Gasteiger partial charge in [-0.05, 0) is 23.5 Å². The number of aromatic nitrogens is 3. The van der Waals surface area contributed by atoms with Crippen LogP contribution in [0.25, 0.3) is 0 Å². The van der Waals surface area contributed by atoms with E-state index in [0.717, 1.165) is 43.6 Å². The van der Waals surface area contributed by atoms with Crippen LogP contribution in [0.1, 0.15) is 38.5 Å². The van der Waals surface area contributed by atoms with Gasteiger partial charge in [-0.1, -0.05) is 28.8 Å². The molecule has 20 heavy (non-hydrogen) atoms. The van der Waals surface area contributed by atoms with E-state index in [1.807, 2.05) is 0 Å². The Balaban J connectivity index is 1.87. The van der Waals surface area contributed by atoms with Crippen LogP contribution < -0.4 is 10.6 Å². The first-order valence-corrected chi connectivity index (χ1v) is 7.29. The fraction of sp³-hybridized carbons (Fsp3) is 0.727. The minimum atomic E-state index is -0.817. The van der Waals surface area contributed by atoms with E-state index in [-0.39, 0.29) is 11.8 Å². The van der Waals surface area contributed by atoms with Crippen LogP contribution in [0.3, 0.4) is 0 Å². The Morgan fingerprint density at radius 2 is 2.05 bits per heavy atom. The molecule has 1 heterocycles. The number of hydrogen-bond acceptors (Lipinski definition) is 6. The van der Waals surface area contributed by atoms with Gasteiger partial charge < -0.3 is 10.4 Å². The lowest BCUT2D eigenvalue weighted by atomic mass is 9.72. The largest absolute Gasteiger partial charge is 0.481 e. The summed E-state index contributed by atoms with van der Waals surface area (Å²) in [6.07, 6.45) is 4.91. The molecular weight excluding hydrogens is 282 g/mol. The highest BCUT2D eigenvalue weighted by atomic mass is 32.1. The SMILES string of the molecule is O=C(O)CC1(CNC(=O)Nc2nnns2)CCCCC1. The number of hydrogen-bond donors (Lipinski definition) is 3. The van der Waals surface area contributed by atoms with Crippen LogP contribution in [-0.4, -0.2) is 38.5 Å². The summed E-state index contributed by atoms with van der Waals surface area (Å²) in [4.78, 5) is 22.7. The predicted molar refractivity (Wildman–Crippen MR) is 72.5 cm³/mol. The van der Waals surface area contributed by atoms with Gasteiger partial charge in [0.1, 0.15) is 0 Å². The number of nitrogens with one attached hydrogen (secondary N) is 2. The second-order valence-electron chi connectivity index (χ2n) is 5.11. The van der Waals surface area contributed by atoms with Gasteiger partial charge in [0.25, 0.3) is 0 Å². The van der Waals surface area contributed by atoms with Crippen LogP contribution in [0, 0.1) is 5.41 Å². The molecule has 1 aliphatic rings. The monoisotopic (exact) mass is 299 g/mol. The minimum absolute atomic E-state index is 0.0909. The molecule has 1 fully saturated rings. The van der Waals surface area contributed by atoms with Crippen molar-refractivity contribution in [1.82, 2.24) is 20.1 Å². The number of amides is 2. The molecule has 1 saturated carbocycles. The lowest BCUT2D eigenvalue weighted by Crippen LogP contribution is -2.42. The Morgan fingerprint density at radius 3 is 2.65 bits per heavy atom. The van der Waals surface area contributed by atoms with E-state index in [4.69, 9.17) is 5.11 Å². The molecule has 2 rings (SSSR count). The Bertz CT molecular complexity index is 459. The van der Waals surface area contributed by atoms with Crippen molar-refractivity contribution in [3.63, 3.8) is 0 Å². The number of anilines is 1. The van der Waals surface area contributed by atoms with Crippen LogP contribution in [0.15, 0.2) is 0 Å². The highest BCUT2D eigenvalue weighted by Crippen LogP contribution is 2.38. The molecule has 2 amide bonds. The van der Waals surface area contributed by atoms with Crippen molar-refractivity contribution in [3.05, 3.63) is 0 Å². The molecule has 3 N–H and O–H groups in total. The maximum absolute atomic E-state index is 11.7. The van der Waals surface area contributed by atoms with E-state index in [9.17, 15) is 9.59 Å². The number of rotatable bonds is 5. The third-order valence-electron chi connectivity index (χ3n) is 3.58. The molecule has 0 bridgehead atoms. The zero-order valence-corrected chi connectivity index (χ0v) is 11.8. The van der Waals surface area contributed by atoms with E-state index in [1.165, 1.54) is 0 Å². The van der Waals surface area contributed by atoms with Crippen molar-refractivity contribution >= 4 is 28.7 Å². The highest BCUT2D eigenvalue weighted by molar-refractivity contribution is 7.09. The van der Waals surface area contributed by atoms with Crippen molar-refractivity contribution in [3.8, 4) is 0 Å². The maximum Gasteiger partial charge on any atom is 0.321 e. The summed E-state index contributed by atoms with van der Waals surface area (Å²) in [5, 5.41) is 21.6. The average Bonchev–Trinajstić information content (AvgIpc) is 2.90. The van der Waals surface area contributed by atoms with Crippen LogP contribution in [0.2, 0.25) is 0 Å². The van der Waals surface area contributed by atoms with Gasteiger partial charge in [-0.15, -0.1) is 0 Å². The molecule has 1 aromatic heterocycles. The van der Waals surface area contributed by atoms with Gasteiger partial charge in [-0.2, -0.15) is 0 Å². The molecule has 0 saturated heterocycles. The number of carboxylic acid groups (broad SMARTS) is 1. The third-order valence-corrected chi connectivity index (χ3v) is 4.10. The van der Waals surface area contributed by atoms with Crippen molar-refractivity contribution in [1.29, 1.82) is 0 Å². The predicted octanol–water partition coefficient (Wildman–Crippen LogP) is 1.48. The molecule has 110 valence electrons. The van der Waals surface area contributed by atoms with Gasteiger partial charge in [-0.3, -0.25) is 10.1 Å². The number of carbonyl (C=O) groups excluding carboxylic acids is 1. The summed E-state index contributed by atoms with van der Waals surface area (Å²) in [5.41, 5.74) is -0.333. The molecule has 0 aliphatic heterocycles. The van der Waals surface area contributed by atoms with E-state index in [1.54, 1.807) is 0 Å². The Morgan fingerprint density at radius 1 is 1.30 bits per heavy atom. The number of carbonyl (C=O) groups is 2. The fourth-order valence-corrected chi connectivity index (χ4v) is 2.99. The van der Waals surface area contributed by atoms with Crippen molar-refractivity contribution in [2.24, 2.45) is 5.41 Å². The second kappa shape index (κ2) is 6.60. The zero-order valence-electron chi connectivity index (χ0n) is 11.0. The number of urea groups is 1. The maximum atomic E-state index is 11.7. The summed E-state index contributed by atoms with van der Waals surface area (Å²) < 4.78 is 3.54. The van der Waals surface area contributed by atoms with Gasteiger partial charge in [-0.25, -0.2) is 4.79 Å². The van der Waals surface area contributed by atoms with Gasteiger partial charge >= 0.3 is 12.0 Å². The Kier molecular flexibility index (Phi) is 4.83. The van der Waals surface area contributed by atoms with Gasteiger partial charge in [0.2, 0.25) is 5.13 Å². The van der Waals surface area contributed by atoms with E-state index in [2.05, 4.69) is 25.4 Å². The van der Waals surface area contributed by atoms with Gasteiger partial charge in [0.15, 0.2) is 0 Å². The lowest BCUT2D eigenvalue weighted by molar-refractivity contribution is -0.140. The second-order valence-corrected chi connectivity index (χ2v) is 5.84. The fourth-order valence-electron chi connectivity index (χ4n) is 2.63. The van der Waals surface area contributed by atoms with Crippen LogP contribution in [0.4, 0.5) is 9.93 Å². The van der Waals surface area contributed by atoms with E-state index < -0.39 is 12.0 Å². The molecule has 0 atom stereocenters. The molecule has 9 heteroatoms. The summed E-state index contributed by atoms with van der Waals surface area (Å²) in [6.45, 7) is 0.358. The third kappa shape index (κ3) is 4.12. The van der Waals surface area contributed by atoms with Crippen LogP contribution >= 0.6 is 11.5 Å². The summed E-state index contributed by atoms with van der Waals surface area (Å²) in [6, 6.07) is -0.404. The van der Waals surface area contributed by atoms with Gasteiger partial charge in [0, 0.05) is 18.1 Å². The topological polar surface area (TPSA) is 117 Å². The highest BCUT2D eigenvalue weighted by Gasteiger charge is 2.34. The zero-order chi connectivity index (χ0) is 14.4. The van der Waals surface area contributed by atoms with Crippen LogP contribution in [0.5, 0.6) is 0 Å². The summed E-state index contributed by atoms with van der Waals surface area (Å²) >= 11 is 0.984. The standard InChI is InChI=1S/C11H17N5O3S/c17-8(18)6-11(4-2-1-3-5-11)7-12-9(19)13-10-14-15-16-20-10/h1-7H2,(H,17,18)(H2,12,13,14,16,19). The first-order chi connectivity index (χ1) is 9.60. The molecule has 1 aromatic rings. The summed E-state index contributed by atoms with van der Waals surface area (Å²) in [7, 11) is 0. The normalized spacial score (nSPS) is 17.4. The minimum Gasteiger partial charge on any atom is -0.481 e. The first-order valence-electron chi connectivity index (χ1n) is 6.51. The Labute approximate surface area is 120 Å². The lowest BCUT2D eigenvalue weighted by Gasteiger charge is -2.36. The van der Waals surface area contributed by atoms with Gasteiger partial charge in [0.05, 0.1) is 6.42 Å². The van der Waals surface area contributed by atoms with Crippen molar-refractivity contribution in [2.45, 2.75) is 38.5 Å². The van der Waals surface area contributed by atoms with Crippen molar-refractivity contribution < 1.29 is 14.7 Å².